The topological polar surface area (TPSA) is 117 Å². The zero-order valence-electron chi connectivity index (χ0n) is 24.6. The number of tetrazole rings is 1. The van der Waals surface area contributed by atoms with Gasteiger partial charge in [0.25, 0.3) is 5.91 Å². The van der Waals surface area contributed by atoms with Crippen molar-refractivity contribution < 1.29 is 14.0 Å². The molecule has 228 valence electrons. The van der Waals surface area contributed by atoms with Gasteiger partial charge in [0.1, 0.15) is 5.82 Å². The van der Waals surface area contributed by atoms with Crippen molar-refractivity contribution in [1.29, 1.82) is 0 Å². The zero-order valence-corrected chi connectivity index (χ0v) is 24.6. The van der Waals surface area contributed by atoms with Crippen molar-refractivity contribution in [2.24, 2.45) is 17.8 Å². The quantitative estimate of drug-likeness (QED) is 0.253. The minimum absolute atomic E-state index is 0.169. The van der Waals surface area contributed by atoms with E-state index >= 15 is 0 Å². The number of nitrogens with one attached hydrogen (secondary N) is 3. The number of rotatable bonds is 13. The zero-order chi connectivity index (χ0) is 29.6. The molecule has 3 N–H and O–H groups in total. The van der Waals surface area contributed by atoms with Crippen molar-refractivity contribution in [3.63, 3.8) is 0 Å². The molecule has 0 radical (unpaired) electrons. The second kappa shape index (κ2) is 13.6. The summed E-state index contributed by atoms with van der Waals surface area (Å²) in [4.78, 5) is 28.3. The highest BCUT2D eigenvalue weighted by molar-refractivity contribution is 5.98. The van der Waals surface area contributed by atoms with Crippen molar-refractivity contribution >= 4 is 17.6 Å². The number of nitrogens with zero attached hydrogens (tertiary/aromatic N) is 5. The largest absolute Gasteiger partial charge is 0.352 e. The number of aromatic nitrogens is 4. The molecule has 3 aromatic rings. The molecule has 43 heavy (non-hydrogen) atoms. The fourth-order valence-corrected chi connectivity index (χ4v) is 5.86. The molecule has 2 saturated carbocycles. The number of carbonyl (C=O) groups excluding carboxylic acids is 2. The standard InChI is InChI=1S/C32H41FN8O2/c33-28-10-8-22(9-11-28)15-25-3-1-13-40(20-25)14-2-12-34-32(43)36-29-17-26(30-37-38-39-41(30)21-24-6-7-24)16-27(18-29)31(42)35-19-23-4-5-23/h8-11,16-18,23-25H,1-7,12-15,19-21H2,(H,35,42)(H2,34,36,43). The Labute approximate surface area is 251 Å². The summed E-state index contributed by atoms with van der Waals surface area (Å²) < 4.78 is 15.0. The third-order valence-electron chi connectivity index (χ3n) is 8.60. The van der Waals surface area contributed by atoms with E-state index in [0.29, 0.717) is 53.5 Å². The van der Waals surface area contributed by atoms with E-state index < -0.39 is 0 Å². The average Bonchev–Trinajstić information content (AvgIpc) is 3.94. The summed E-state index contributed by atoms with van der Waals surface area (Å²) in [5, 5.41) is 21.2. The Kier molecular flexibility index (Phi) is 9.26. The first-order valence-corrected chi connectivity index (χ1v) is 15.7. The number of halogens is 1. The Balaban J connectivity index is 1.02. The van der Waals surface area contributed by atoms with Crippen LogP contribution in [0.5, 0.6) is 0 Å². The number of urea groups is 1. The summed E-state index contributed by atoms with van der Waals surface area (Å²) >= 11 is 0. The lowest BCUT2D eigenvalue weighted by atomic mass is 9.91. The Morgan fingerprint density at radius 1 is 0.953 bits per heavy atom. The van der Waals surface area contributed by atoms with E-state index in [1.807, 2.05) is 18.2 Å². The lowest BCUT2D eigenvalue weighted by molar-refractivity contribution is 0.0952. The third kappa shape index (κ3) is 8.59. The monoisotopic (exact) mass is 588 g/mol. The molecule has 1 saturated heterocycles. The van der Waals surface area contributed by atoms with E-state index in [1.165, 1.54) is 37.0 Å². The highest BCUT2D eigenvalue weighted by Gasteiger charge is 2.26. The van der Waals surface area contributed by atoms with Gasteiger partial charge in [-0.15, -0.1) is 5.10 Å². The summed E-state index contributed by atoms with van der Waals surface area (Å²) in [5.74, 6) is 1.93. The van der Waals surface area contributed by atoms with Gasteiger partial charge < -0.3 is 20.9 Å². The van der Waals surface area contributed by atoms with Crippen LogP contribution < -0.4 is 16.0 Å². The normalized spacial score (nSPS) is 18.8. The third-order valence-corrected chi connectivity index (χ3v) is 8.60. The van der Waals surface area contributed by atoms with Gasteiger partial charge in [-0.3, -0.25) is 4.79 Å². The molecule has 1 aliphatic heterocycles. The van der Waals surface area contributed by atoms with Crippen LogP contribution in [0.15, 0.2) is 42.5 Å². The van der Waals surface area contributed by atoms with Gasteiger partial charge in [0.05, 0.1) is 0 Å². The molecule has 2 aliphatic carbocycles. The van der Waals surface area contributed by atoms with Crippen molar-refractivity contribution in [1.82, 2.24) is 35.7 Å². The van der Waals surface area contributed by atoms with Crippen LogP contribution in [-0.2, 0) is 13.0 Å². The minimum atomic E-state index is -0.313. The molecule has 3 fully saturated rings. The van der Waals surface area contributed by atoms with Crippen LogP contribution in [0.3, 0.4) is 0 Å². The highest BCUT2D eigenvalue weighted by atomic mass is 19.1. The average molecular weight is 589 g/mol. The van der Waals surface area contributed by atoms with Crippen LogP contribution in [0.1, 0.15) is 60.9 Å². The van der Waals surface area contributed by atoms with Crippen molar-refractivity contribution in [2.75, 3.05) is 38.0 Å². The van der Waals surface area contributed by atoms with Crippen LogP contribution in [0, 0.1) is 23.6 Å². The summed E-state index contributed by atoms with van der Waals surface area (Å²) in [7, 11) is 0. The van der Waals surface area contributed by atoms with Gasteiger partial charge >= 0.3 is 6.03 Å². The fourth-order valence-electron chi connectivity index (χ4n) is 5.86. The molecule has 1 atom stereocenters. The highest BCUT2D eigenvalue weighted by Crippen LogP contribution is 2.32. The molecule has 3 aliphatic rings. The number of anilines is 1. The smallest absolute Gasteiger partial charge is 0.319 e. The Morgan fingerprint density at radius 2 is 1.77 bits per heavy atom. The summed E-state index contributed by atoms with van der Waals surface area (Å²) in [6.45, 7) is 4.93. The van der Waals surface area contributed by atoms with Gasteiger partial charge in [0.15, 0.2) is 5.82 Å². The van der Waals surface area contributed by atoms with Crippen LogP contribution in [0.25, 0.3) is 11.4 Å². The van der Waals surface area contributed by atoms with E-state index in [4.69, 9.17) is 0 Å². The number of amides is 3. The Hall–Kier alpha value is -3.86. The molecular formula is C32H41FN8O2. The maximum absolute atomic E-state index is 13.2. The van der Waals surface area contributed by atoms with E-state index in [2.05, 4.69) is 36.4 Å². The molecule has 11 heteroatoms. The molecule has 10 nitrogen and oxygen atoms in total. The second-order valence-electron chi connectivity index (χ2n) is 12.5. The van der Waals surface area contributed by atoms with Gasteiger partial charge in [-0.2, -0.15) is 0 Å². The first kappa shape index (κ1) is 29.2. The molecular weight excluding hydrogens is 547 g/mol. The number of likely N-dealkylation sites (tertiary alicyclic amines) is 1. The summed E-state index contributed by atoms with van der Waals surface area (Å²) in [6, 6.07) is 11.8. The lowest BCUT2D eigenvalue weighted by Crippen LogP contribution is -2.38. The van der Waals surface area contributed by atoms with Crippen LogP contribution in [0.4, 0.5) is 14.9 Å². The van der Waals surface area contributed by atoms with E-state index in [9.17, 15) is 14.0 Å². The van der Waals surface area contributed by atoms with Crippen molar-refractivity contribution in [3.05, 3.63) is 59.4 Å². The van der Waals surface area contributed by atoms with Crippen LogP contribution in [0.2, 0.25) is 0 Å². The molecule has 2 aromatic carbocycles. The van der Waals surface area contributed by atoms with Crippen LogP contribution in [-0.4, -0.2) is 69.8 Å². The van der Waals surface area contributed by atoms with Crippen LogP contribution >= 0.6 is 0 Å². The number of hydrogen-bond donors (Lipinski definition) is 3. The number of hydrogen-bond acceptors (Lipinski definition) is 6. The summed E-state index contributed by atoms with van der Waals surface area (Å²) in [5.41, 5.74) is 2.86. The summed E-state index contributed by atoms with van der Waals surface area (Å²) in [6.07, 6.45) is 8.77. The fraction of sp³-hybridized carbons (Fsp3) is 0.531. The number of piperidine rings is 1. The van der Waals surface area contributed by atoms with Gasteiger partial charge in [0.2, 0.25) is 0 Å². The predicted molar refractivity (Wildman–Crippen MR) is 162 cm³/mol. The maximum Gasteiger partial charge on any atom is 0.319 e. The molecule has 1 aromatic heterocycles. The molecule has 0 bridgehead atoms. The SMILES string of the molecule is O=C(NCCCN1CCCC(Cc2ccc(F)cc2)C1)Nc1cc(C(=O)NCC2CC2)cc(-c2nnnn2CC2CC2)c1. The molecule has 0 spiro atoms. The first-order chi connectivity index (χ1) is 21.0. The Bertz CT molecular complexity index is 1400. The van der Waals surface area contributed by atoms with Crippen molar-refractivity contribution in [2.45, 2.75) is 57.9 Å². The van der Waals surface area contributed by atoms with Gasteiger partial charge in [-0.25, -0.2) is 13.9 Å². The number of carbonyl (C=O) groups is 2. The van der Waals surface area contributed by atoms with Gasteiger partial charge in [-0.1, -0.05) is 12.1 Å². The van der Waals surface area contributed by atoms with E-state index in [-0.39, 0.29) is 17.8 Å². The molecule has 6 rings (SSSR count). The molecule has 1 unspecified atom stereocenters. The maximum atomic E-state index is 13.2. The van der Waals surface area contributed by atoms with Gasteiger partial charge in [-0.05, 0) is 129 Å². The Morgan fingerprint density at radius 3 is 2.56 bits per heavy atom. The molecule has 2 heterocycles. The van der Waals surface area contributed by atoms with Crippen molar-refractivity contribution in [3.8, 4) is 11.4 Å². The van der Waals surface area contributed by atoms with E-state index in [0.717, 1.165) is 58.3 Å². The predicted octanol–water partition coefficient (Wildman–Crippen LogP) is 4.50. The van der Waals surface area contributed by atoms with Gasteiger partial charge in [0, 0.05) is 43.0 Å². The lowest BCUT2D eigenvalue weighted by Gasteiger charge is -2.32. The number of benzene rings is 2. The van der Waals surface area contributed by atoms with E-state index in [1.54, 1.807) is 16.8 Å². The first-order valence-electron chi connectivity index (χ1n) is 15.7. The molecule has 3 amide bonds. The second-order valence-corrected chi connectivity index (χ2v) is 12.5. The minimum Gasteiger partial charge on any atom is -0.352 e.